The molecule has 2 N–H and O–H groups in total. The normalized spacial score (nSPS) is 15.5. The van der Waals surface area contributed by atoms with Crippen LogP contribution in [0.2, 0.25) is 5.02 Å². The van der Waals surface area contributed by atoms with Gasteiger partial charge >= 0.3 is 5.97 Å². The summed E-state index contributed by atoms with van der Waals surface area (Å²) in [4.78, 5) is 24.1. The number of hydrogen-bond acceptors (Lipinski definition) is 2. The molecule has 0 saturated heterocycles. The molecule has 0 radical (unpaired) electrons. The lowest BCUT2D eigenvalue weighted by atomic mass is 9.85. The summed E-state index contributed by atoms with van der Waals surface area (Å²) in [5.41, 5.74) is 0.873. The van der Waals surface area contributed by atoms with Crippen LogP contribution in [-0.2, 0) is 20.4 Å². The third-order valence-corrected chi connectivity index (χ3v) is 5.23. The van der Waals surface area contributed by atoms with Gasteiger partial charge in [0.15, 0.2) is 0 Å². The van der Waals surface area contributed by atoms with E-state index in [9.17, 15) is 14.7 Å². The number of aliphatic carboxylic acids is 1. The maximum absolute atomic E-state index is 12.7. The van der Waals surface area contributed by atoms with Gasteiger partial charge in [0, 0.05) is 10.7 Å². The average molecular weight is 358 g/mol. The van der Waals surface area contributed by atoms with Gasteiger partial charge in [-0.05, 0) is 62.1 Å². The zero-order valence-corrected chi connectivity index (χ0v) is 14.9. The minimum Gasteiger partial charge on any atom is -0.481 e. The highest BCUT2D eigenvalue weighted by Crippen LogP contribution is 2.49. The largest absolute Gasteiger partial charge is 0.481 e. The number of carbonyl (C=O) groups is 2. The number of carbonyl (C=O) groups excluding carboxylic acids is 1. The molecule has 3 rings (SSSR count). The van der Waals surface area contributed by atoms with Crippen LogP contribution in [0.15, 0.2) is 48.5 Å². The first-order valence-electron chi connectivity index (χ1n) is 8.17. The average Bonchev–Trinajstić information content (AvgIpc) is 3.38. The number of amides is 1. The molecule has 0 spiro atoms. The molecule has 0 bridgehead atoms. The van der Waals surface area contributed by atoms with Gasteiger partial charge in [-0.25, -0.2) is 0 Å². The highest BCUT2D eigenvalue weighted by molar-refractivity contribution is 6.30. The van der Waals surface area contributed by atoms with Crippen molar-refractivity contribution in [2.24, 2.45) is 0 Å². The molecule has 1 aliphatic carbocycles. The van der Waals surface area contributed by atoms with Crippen LogP contribution in [0, 0.1) is 0 Å². The molecule has 1 aliphatic rings. The monoisotopic (exact) mass is 357 g/mol. The predicted octanol–water partition coefficient (Wildman–Crippen LogP) is 4.37. The van der Waals surface area contributed by atoms with Crippen LogP contribution >= 0.6 is 11.6 Å². The Hall–Kier alpha value is -2.33. The van der Waals surface area contributed by atoms with E-state index in [2.05, 4.69) is 5.32 Å². The van der Waals surface area contributed by atoms with E-state index < -0.39 is 16.8 Å². The Morgan fingerprint density at radius 3 is 2.08 bits per heavy atom. The Bertz CT molecular complexity index is 806. The van der Waals surface area contributed by atoms with Gasteiger partial charge in [0.1, 0.15) is 0 Å². The highest BCUT2D eigenvalue weighted by atomic mass is 35.5. The van der Waals surface area contributed by atoms with E-state index >= 15 is 0 Å². The lowest BCUT2D eigenvalue weighted by Crippen LogP contribution is -2.29. The van der Waals surface area contributed by atoms with Gasteiger partial charge in [-0.1, -0.05) is 35.9 Å². The number of hydrogen-bond donors (Lipinski definition) is 2. The highest BCUT2D eigenvalue weighted by Gasteiger charge is 2.51. The molecular weight excluding hydrogens is 338 g/mol. The zero-order valence-electron chi connectivity index (χ0n) is 14.2. The first kappa shape index (κ1) is 17.5. The standard InChI is InChI=1S/C20H20ClNO3/c1-19(2,18(24)25)13-5-9-16(10-6-13)22-17(23)20(11-12-20)14-3-7-15(21)8-4-14/h3-10H,11-12H2,1-2H3,(H,22,23)(H,24,25). The van der Waals surface area contributed by atoms with Crippen molar-refractivity contribution >= 4 is 29.2 Å². The van der Waals surface area contributed by atoms with Crippen LogP contribution in [0.4, 0.5) is 5.69 Å². The molecule has 1 saturated carbocycles. The fourth-order valence-electron chi connectivity index (χ4n) is 2.89. The maximum Gasteiger partial charge on any atom is 0.313 e. The van der Waals surface area contributed by atoms with Crippen LogP contribution in [-0.4, -0.2) is 17.0 Å². The molecule has 4 nitrogen and oxygen atoms in total. The minimum atomic E-state index is -0.969. The molecule has 5 heteroatoms. The van der Waals surface area contributed by atoms with Gasteiger partial charge in [0.05, 0.1) is 10.8 Å². The predicted molar refractivity (Wildman–Crippen MR) is 98.1 cm³/mol. The van der Waals surface area contributed by atoms with Crippen LogP contribution in [0.25, 0.3) is 0 Å². The van der Waals surface area contributed by atoms with Crippen molar-refractivity contribution in [3.8, 4) is 0 Å². The molecule has 0 unspecified atom stereocenters. The summed E-state index contributed by atoms with van der Waals surface area (Å²) in [7, 11) is 0. The Labute approximate surface area is 151 Å². The van der Waals surface area contributed by atoms with Crippen molar-refractivity contribution in [2.75, 3.05) is 5.32 Å². The summed E-state index contributed by atoms with van der Waals surface area (Å²) in [5, 5.41) is 12.9. The topological polar surface area (TPSA) is 66.4 Å². The van der Waals surface area contributed by atoms with Crippen LogP contribution in [0.3, 0.4) is 0 Å². The molecule has 0 aliphatic heterocycles. The Balaban J connectivity index is 1.75. The third-order valence-electron chi connectivity index (χ3n) is 4.98. The zero-order chi connectivity index (χ0) is 18.2. The molecule has 2 aromatic carbocycles. The first-order chi connectivity index (χ1) is 11.8. The fraction of sp³-hybridized carbons (Fsp3) is 0.300. The van der Waals surface area contributed by atoms with Gasteiger partial charge in [0.2, 0.25) is 5.91 Å². The van der Waals surface area contributed by atoms with Crippen molar-refractivity contribution in [3.05, 3.63) is 64.7 Å². The molecule has 2 aromatic rings. The molecule has 25 heavy (non-hydrogen) atoms. The van der Waals surface area contributed by atoms with E-state index in [0.717, 1.165) is 18.4 Å². The van der Waals surface area contributed by atoms with E-state index in [1.54, 1.807) is 50.2 Å². The van der Waals surface area contributed by atoms with Crippen molar-refractivity contribution in [1.29, 1.82) is 0 Å². The van der Waals surface area contributed by atoms with Gasteiger partial charge < -0.3 is 10.4 Å². The summed E-state index contributed by atoms with van der Waals surface area (Å²) in [5.74, 6) is -0.927. The number of benzene rings is 2. The second-order valence-corrected chi connectivity index (χ2v) is 7.49. The van der Waals surface area contributed by atoms with Crippen molar-refractivity contribution in [2.45, 2.75) is 37.5 Å². The number of nitrogens with one attached hydrogen (secondary N) is 1. The van der Waals surface area contributed by atoms with E-state index in [-0.39, 0.29) is 5.91 Å². The van der Waals surface area contributed by atoms with Crippen LogP contribution < -0.4 is 5.32 Å². The van der Waals surface area contributed by atoms with Gasteiger partial charge in [-0.3, -0.25) is 9.59 Å². The van der Waals surface area contributed by atoms with E-state index in [4.69, 9.17) is 11.6 Å². The van der Waals surface area contributed by atoms with Crippen molar-refractivity contribution in [1.82, 2.24) is 0 Å². The molecular formula is C20H20ClNO3. The smallest absolute Gasteiger partial charge is 0.313 e. The number of carboxylic acids is 1. The number of rotatable bonds is 5. The lowest BCUT2D eigenvalue weighted by Gasteiger charge is -2.20. The summed E-state index contributed by atoms with van der Waals surface area (Å²) in [6.07, 6.45) is 1.62. The molecule has 0 atom stereocenters. The maximum atomic E-state index is 12.7. The molecule has 0 aromatic heterocycles. The minimum absolute atomic E-state index is 0.0416. The second-order valence-electron chi connectivity index (χ2n) is 7.05. The Morgan fingerprint density at radius 2 is 1.60 bits per heavy atom. The molecule has 0 heterocycles. The Kier molecular flexibility index (Phi) is 4.33. The number of halogens is 1. The van der Waals surface area contributed by atoms with Crippen molar-refractivity contribution in [3.63, 3.8) is 0 Å². The third kappa shape index (κ3) is 3.27. The van der Waals surface area contributed by atoms with Gasteiger partial charge in [-0.15, -0.1) is 0 Å². The van der Waals surface area contributed by atoms with E-state index in [1.165, 1.54) is 0 Å². The second kappa shape index (κ2) is 6.19. The summed E-state index contributed by atoms with van der Waals surface area (Å²) < 4.78 is 0. The molecule has 1 amide bonds. The fourth-order valence-corrected chi connectivity index (χ4v) is 3.01. The molecule has 1 fully saturated rings. The van der Waals surface area contributed by atoms with Crippen molar-refractivity contribution < 1.29 is 14.7 Å². The quantitative estimate of drug-likeness (QED) is 0.834. The van der Waals surface area contributed by atoms with E-state index in [1.807, 2.05) is 12.1 Å². The summed E-state index contributed by atoms with van der Waals surface area (Å²) in [6.45, 7) is 3.31. The van der Waals surface area contributed by atoms with Crippen LogP contribution in [0.5, 0.6) is 0 Å². The Morgan fingerprint density at radius 1 is 1.04 bits per heavy atom. The molecule has 130 valence electrons. The van der Waals surface area contributed by atoms with Crippen LogP contribution in [0.1, 0.15) is 37.8 Å². The lowest BCUT2D eigenvalue weighted by molar-refractivity contribution is -0.142. The number of anilines is 1. The summed E-state index contributed by atoms with van der Waals surface area (Å²) >= 11 is 5.92. The summed E-state index contributed by atoms with van der Waals surface area (Å²) in [6, 6.07) is 14.4. The van der Waals surface area contributed by atoms with E-state index in [0.29, 0.717) is 16.3 Å². The SMILES string of the molecule is CC(C)(C(=O)O)c1ccc(NC(=O)C2(c3ccc(Cl)cc3)CC2)cc1. The van der Waals surface area contributed by atoms with Gasteiger partial charge in [0.25, 0.3) is 0 Å². The first-order valence-corrected chi connectivity index (χ1v) is 8.55. The number of carboxylic acid groups (broad SMARTS) is 1. The van der Waals surface area contributed by atoms with Gasteiger partial charge in [-0.2, -0.15) is 0 Å².